The third kappa shape index (κ3) is 5.17. The molecule has 140 valence electrons. The first-order valence-corrected chi connectivity index (χ1v) is 8.27. The molecule has 2 atom stereocenters. The van der Waals surface area contributed by atoms with Crippen molar-refractivity contribution in [1.82, 2.24) is 10.6 Å². The fourth-order valence-electron chi connectivity index (χ4n) is 2.77. The lowest BCUT2D eigenvalue weighted by molar-refractivity contribution is 0.0922. The Kier molecular flexibility index (Phi) is 7.38. The number of carbonyl (C=O) groups excluding carboxylic acids is 1. The number of halogens is 2. The zero-order chi connectivity index (χ0) is 17.6. The second-order valence-electron chi connectivity index (χ2n) is 6.11. The van der Waals surface area contributed by atoms with E-state index in [0.717, 1.165) is 5.56 Å². The molecule has 0 spiro atoms. The second kappa shape index (κ2) is 9.52. The van der Waals surface area contributed by atoms with Crippen LogP contribution in [0.5, 0.6) is 5.75 Å². The normalized spacial score (nSPS) is 18.8. The molecule has 1 heterocycles. The molecule has 1 aliphatic rings. The van der Waals surface area contributed by atoms with Crippen LogP contribution in [0.15, 0.2) is 48.5 Å². The Hall–Kier alpha value is -2.15. The van der Waals surface area contributed by atoms with Gasteiger partial charge in [-0.05, 0) is 29.8 Å². The van der Waals surface area contributed by atoms with Crippen molar-refractivity contribution < 1.29 is 19.0 Å². The first-order valence-electron chi connectivity index (χ1n) is 8.27. The third-order valence-electron chi connectivity index (χ3n) is 4.27. The van der Waals surface area contributed by atoms with E-state index in [2.05, 4.69) is 10.6 Å². The summed E-state index contributed by atoms with van der Waals surface area (Å²) in [6.45, 7) is 1.89. The summed E-state index contributed by atoms with van der Waals surface area (Å²) >= 11 is 0. The van der Waals surface area contributed by atoms with Crippen molar-refractivity contribution in [1.29, 1.82) is 0 Å². The largest absolute Gasteiger partial charge is 0.488 e. The van der Waals surface area contributed by atoms with Crippen molar-refractivity contribution in [3.8, 4) is 5.75 Å². The number of amides is 1. The van der Waals surface area contributed by atoms with Gasteiger partial charge in [0.15, 0.2) is 0 Å². The van der Waals surface area contributed by atoms with Gasteiger partial charge in [-0.2, -0.15) is 0 Å². The van der Waals surface area contributed by atoms with Crippen molar-refractivity contribution in [3.63, 3.8) is 0 Å². The molecule has 1 fully saturated rings. The maximum Gasteiger partial charge on any atom is 0.255 e. The minimum Gasteiger partial charge on any atom is -0.488 e. The molecule has 7 heteroatoms. The van der Waals surface area contributed by atoms with E-state index in [4.69, 9.17) is 4.74 Å². The van der Waals surface area contributed by atoms with E-state index in [0.29, 0.717) is 30.9 Å². The van der Waals surface area contributed by atoms with Crippen LogP contribution in [0.25, 0.3) is 0 Å². The molecule has 2 aromatic rings. The number of para-hydroxylation sites is 1. The average Bonchev–Trinajstić information content (AvgIpc) is 3.04. The van der Waals surface area contributed by atoms with E-state index in [9.17, 15) is 14.3 Å². The van der Waals surface area contributed by atoms with Crippen LogP contribution in [0, 0.1) is 11.7 Å². The van der Waals surface area contributed by atoms with Gasteiger partial charge < -0.3 is 20.5 Å². The quantitative estimate of drug-likeness (QED) is 0.718. The smallest absolute Gasteiger partial charge is 0.255 e. The van der Waals surface area contributed by atoms with Crippen molar-refractivity contribution >= 4 is 18.3 Å². The summed E-state index contributed by atoms with van der Waals surface area (Å²) in [7, 11) is 0. The van der Waals surface area contributed by atoms with Gasteiger partial charge in [-0.3, -0.25) is 4.79 Å². The Labute approximate surface area is 158 Å². The Bertz CT molecular complexity index is 727. The van der Waals surface area contributed by atoms with Gasteiger partial charge in [0.05, 0.1) is 11.7 Å². The molecule has 0 aromatic heterocycles. The molecule has 2 aromatic carbocycles. The minimum atomic E-state index is -0.440. The molecular formula is C19H22ClFN2O3. The lowest BCUT2D eigenvalue weighted by Crippen LogP contribution is -2.34. The molecule has 0 radical (unpaired) electrons. The summed E-state index contributed by atoms with van der Waals surface area (Å²) in [5.41, 5.74) is 1.25. The number of hydrogen-bond acceptors (Lipinski definition) is 4. The van der Waals surface area contributed by atoms with E-state index >= 15 is 0 Å². The summed E-state index contributed by atoms with van der Waals surface area (Å²) in [5, 5.41) is 15.7. The van der Waals surface area contributed by atoms with E-state index in [1.807, 2.05) is 0 Å². The van der Waals surface area contributed by atoms with Crippen LogP contribution in [0.1, 0.15) is 15.9 Å². The Balaban J connectivity index is 0.00000243. The lowest BCUT2D eigenvalue weighted by Gasteiger charge is -2.15. The second-order valence-corrected chi connectivity index (χ2v) is 6.11. The van der Waals surface area contributed by atoms with Crippen LogP contribution in [-0.2, 0) is 6.61 Å². The third-order valence-corrected chi connectivity index (χ3v) is 4.27. The Morgan fingerprint density at radius 3 is 2.62 bits per heavy atom. The first kappa shape index (κ1) is 20.2. The number of nitrogens with one attached hydrogen (secondary N) is 2. The van der Waals surface area contributed by atoms with E-state index in [1.165, 1.54) is 12.1 Å². The SMILES string of the molecule is Cl.O=C(NCC1CNCC1O)c1ccccc1OCc1ccc(F)cc1. The average molecular weight is 381 g/mol. The topological polar surface area (TPSA) is 70.6 Å². The Morgan fingerprint density at radius 1 is 1.19 bits per heavy atom. The summed E-state index contributed by atoms with van der Waals surface area (Å²) in [5.74, 6) is -0.0633. The van der Waals surface area contributed by atoms with Gasteiger partial charge >= 0.3 is 0 Å². The summed E-state index contributed by atoms with van der Waals surface area (Å²) < 4.78 is 18.7. The highest BCUT2D eigenvalue weighted by atomic mass is 35.5. The molecule has 26 heavy (non-hydrogen) atoms. The zero-order valence-corrected chi connectivity index (χ0v) is 15.0. The van der Waals surface area contributed by atoms with Gasteiger partial charge in [0.25, 0.3) is 5.91 Å². The van der Waals surface area contributed by atoms with Crippen molar-refractivity contribution in [2.45, 2.75) is 12.7 Å². The highest BCUT2D eigenvalue weighted by molar-refractivity contribution is 5.96. The monoisotopic (exact) mass is 380 g/mol. The number of carbonyl (C=O) groups is 1. The van der Waals surface area contributed by atoms with Crippen molar-refractivity contribution in [3.05, 3.63) is 65.5 Å². The van der Waals surface area contributed by atoms with Gasteiger partial charge in [-0.15, -0.1) is 12.4 Å². The van der Waals surface area contributed by atoms with Crippen molar-refractivity contribution in [2.24, 2.45) is 5.92 Å². The lowest BCUT2D eigenvalue weighted by atomic mass is 10.1. The molecule has 1 amide bonds. The fraction of sp³-hybridized carbons (Fsp3) is 0.316. The molecule has 0 saturated carbocycles. The molecule has 0 bridgehead atoms. The standard InChI is InChI=1S/C19H21FN2O3.ClH/c20-15-7-5-13(6-8-15)12-25-18-4-2-1-3-16(18)19(24)22-10-14-9-21-11-17(14)23;/h1-8,14,17,21,23H,9-12H2,(H,22,24);1H. The predicted molar refractivity (Wildman–Crippen MR) is 99.1 cm³/mol. The maximum absolute atomic E-state index is 12.9. The summed E-state index contributed by atoms with van der Waals surface area (Å²) in [6, 6.07) is 13.0. The van der Waals surface area contributed by atoms with Gasteiger partial charge in [0, 0.05) is 25.6 Å². The molecule has 0 aliphatic carbocycles. The van der Waals surface area contributed by atoms with Crippen LogP contribution < -0.4 is 15.4 Å². The van der Waals surface area contributed by atoms with E-state index in [-0.39, 0.29) is 36.7 Å². The van der Waals surface area contributed by atoms with Gasteiger partial charge in [-0.1, -0.05) is 24.3 Å². The molecule has 5 nitrogen and oxygen atoms in total. The van der Waals surface area contributed by atoms with Gasteiger partial charge in [0.2, 0.25) is 0 Å². The minimum absolute atomic E-state index is 0. The van der Waals surface area contributed by atoms with E-state index < -0.39 is 6.10 Å². The Morgan fingerprint density at radius 2 is 1.92 bits per heavy atom. The van der Waals surface area contributed by atoms with Crippen LogP contribution in [0.2, 0.25) is 0 Å². The van der Waals surface area contributed by atoms with Gasteiger partial charge in [-0.25, -0.2) is 4.39 Å². The molecule has 2 unspecified atom stereocenters. The van der Waals surface area contributed by atoms with Crippen LogP contribution in [0.4, 0.5) is 4.39 Å². The van der Waals surface area contributed by atoms with Crippen LogP contribution >= 0.6 is 12.4 Å². The highest BCUT2D eigenvalue weighted by Gasteiger charge is 2.25. The number of β-amino-alcohol motifs (C(OH)–C–C–N with tert-alkyl or cyclic N) is 1. The van der Waals surface area contributed by atoms with E-state index in [1.54, 1.807) is 36.4 Å². The zero-order valence-electron chi connectivity index (χ0n) is 14.2. The number of hydrogen-bond donors (Lipinski definition) is 3. The number of ether oxygens (including phenoxy) is 1. The fourth-order valence-corrected chi connectivity index (χ4v) is 2.77. The first-order chi connectivity index (χ1) is 12.1. The number of benzene rings is 2. The predicted octanol–water partition coefficient (Wildman–Crippen LogP) is 2.14. The maximum atomic E-state index is 12.9. The van der Waals surface area contributed by atoms with Crippen LogP contribution in [-0.4, -0.2) is 36.8 Å². The number of rotatable bonds is 6. The molecule has 3 rings (SSSR count). The summed E-state index contributed by atoms with van der Waals surface area (Å²) in [4.78, 5) is 12.4. The summed E-state index contributed by atoms with van der Waals surface area (Å²) in [6.07, 6.45) is -0.440. The molecule has 1 saturated heterocycles. The molecule has 3 N–H and O–H groups in total. The molecule has 1 aliphatic heterocycles. The molecular weight excluding hydrogens is 359 g/mol. The highest BCUT2D eigenvalue weighted by Crippen LogP contribution is 2.20. The number of aliphatic hydroxyl groups excluding tert-OH is 1. The van der Waals surface area contributed by atoms with Gasteiger partial charge in [0.1, 0.15) is 18.2 Å². The number of aliphatic hydroxyl groups is 1. The van der Waals surface area contributed by atoms with Crippen molar-refractivity contribution in [2.75, 3.05) is 19.6 Å². The van der Waals surface area contributed by atoms with Crippen LogP contribution in [0.3, 0.4) is 0 Å².